The number of nitrogens with zero attached hydrogens (tertiary/aromatic N) is 1. The van der Waals surface area contributed by atoms with E-state index in [1.54, 1.807) is 18.3 Å². The fourth-order valence-electron chi connectivity index (χ4n) is 2.02. The highest BCUT2D eigenvalue weighted by molar-refractivity contribution is 7.88. The maximum absolute atomic E-state index is 12.2. The normalized spacial score (nSPS) is 24.5. The van der Waals surface area contributed by atoms with E-state index in [1.165, 1.54) is 4.31 Å². The van der Waals surface area contributed by atoms with Crippen molar-refractivity contribution in [3.8, 4) is 0 Å². The molecule has 2 rings (SSSR count). The van der Waals surface area contributed by atoms with Gasteiger partial charge < -0.3 is 10.1 Å². The lowest BCUT2D eigenvalue weighted by Gasteiger charge is -2.37. The molecule has 1 amide bonds. The molecule has 0 aliphatic carbocycles. The lowest BCUT2D eigenvalue weighted by molar-refractivity contribution is -0.152. The van der Waals surface area contributed by atoms with E-state index in [2.05, 4.69) is 5.32 Å². The summed E-state index contributed by atoms with van der Waals surface area (Å²) in [4.78, 5) is 13.3. The van der Waals surface area contributed by atoms with Crippen LogP contribution in [0.2, 0.25) is 0 Å². The molecular weight excluding hydrogens is 300 g/mol. The number of carbonyl (C=O) groups excluding carboxylic acids is 1. The van der Waals surface area contributed by atoms with Crippen LogP contribution < -0.4 is 5.32 Å². The van der Waals surface area contributed by atoms with Gasteiger partial charge in [-0.25, -0.2) is 8.42 Å². The predicted molar refractivity (Wildman–Crippen MR) is 76.9 cm³/mol. The first-order chi connectivity index (χ1) is 9.31. The first-order valence-corrected chi connectivity index (χ1v) is 8.94. The molecule has 0 saturated carbocycles. The summed E-state index contributed by atoms with van der Waals surface area (Å²) >= 11 is 1.55. The Balaban J connectivity index is 2.00. The summed E-state index contributed by atoms with van der Waals surface area (Å²) in [7, 11) is -3.31. The number of rotatable bonds is 4. The third-order valence-corrected chi connectivity index (χ3v) is 5.32. The maximum Gasteiger partial charge on any atom is 0.253 e. The maximum atomic E-state index is 12.2. The molecule has 112 valence electrons. The van der Waals surface area contributed by atoms with Crippen LogP contribution >= 0.6 is 11.3 Å². The van der Waals surface area contributed by atoms with Crippen molar-refractivity contribution in [1.82, 2.24) is 9.62 Å². The van der Waals surface area contributed by atoms with Crippen molar-refractivity contribution in [1.29, 1.82) is 0 Å². The van der Waals surface area contributed by atoms with Crippen LogP contribution in [0.4, 0.5) is 0 Å². The average molecular weight is 318 g/mol. The Labute approximate surface area is 122 Å². The number of hydrogen-bond donors (Lipinski definition) is 1. The van der Waals surface area contributed by atoms with Gasteiger partial charge in [-0.15, -0.1) is 11.3 Å². The van der Waals surface area contributed by atoms with Crippen molar-refractivity contribution < 1.29 is 17.9 Å². The molecular formula is C12H18N2O4S2. The van der Waals surface area contributed by atoms with Crippen LogP contribution in [0.5, 0.6) is 0 Å². The molecule has 1 atom stereocenters. The van der Waals surface area contributed by atoms with Crippen LogP contribution in [0, 0.1) is 0 Å². The Morgan fingerprint density at radius 1 is 1.60 bits per heavy atom. The Hall–Kier alpha value is -0.960. The summed E-state index contributed by atoms with van der Waals surface area (Å²) in [5.74, 6) is -0.292. The topological polar surface area (TPSA) is 75.7 Å². The molecule has 0 radical (unpaired) electrons. The van der Waals surface area contributed by atoms with Gasteiger partial charge in [0.2, 0.25) is 10.0 Å². The molecule has 0 bridgehead atoms. The lowest BCUT2D eigenvalue weighted by atomic mass is 10.0. The highest BCUT2D eigenvalue weighted by Gasteiger charge is 2.41. The smallest absolute Gasteiger partial charge is 0.253 e. The zero-order chi connectivity index (χ0) is 14.8. The fourth-order valence-corrected chi connectivity index (χ4v) is 3.55. The minimum absolute atomic E-state index is 0.0438. The molecule has 1 fully saturated rings. The molecule has 1 aliphatic rings. The Morgan fingerprint density at radius 2 is 2.35 bits per heavy atom. The largest absolute Gasteiger partial charge is 0.363 e. The Bertz CT molecular complexity index is 570. The quantitative estimate of drug-likeness (QED) is 0.873. The molecule has 1 aromatic rings. The van der Waals surface area contributed by atoms with Crippen molar-refractivity contribution in [2.24, 2.45) is 0 Å². The Morgan fingerprint density at radius 3 is 2.95 bits per heavy atom. The van der Waals surface area contributed by atoms with Crippen molar-refractivity contribution in [3.05, 3.63) is 22.4 Å². The highest BCUT2D eigenvalue weighted by atomic mass is 32.2. The molecule has 0 spiro atoms. The fraction of sp³-hybridized carbons (Fsp3) is 0.583. The second kappa shape index (κ2) is 5.80. The number of carbonyl (C=O) groups is 1. The van der Waals surface area contributed by atoms with Gasteiger partial charge in [0.1, 0.15) is 0 Å². The van der Waals surface area contributed by atoms with E-state index in [-0.39, 0.29) is 25.6 Å². The van der Waals surface area contributed by atoms with E-state index >= 15 is 0 Å². The summed E-state index contributed by atoms with van der Waals surface area (Å²) in [6, 6.07) is 3.84. The molecule has 8 heteroatoms. The van der Waals surface area contributed by atoms with E-state index in [1.807, 2.05) is 17.5 Å². The van der Waals surface area contributed by atoms with Gasteiger partial charge in [-0.1, -0.05) is 6.07 Å². The highest BCUT2D eigenvalue weighted by Crippen LogP contribution is 2.20. The zero-order valence-corrected chi connectivity index (χ0v) is 13.1. The number of sulfonamides is 1. The van der Waals surface area contributed by atoms with Crippen LogP contribution in [0.25, 0.3) is 0 Å². The Kier molecular flexibility index (Phi) is 4.48. The standard InChI is InChI=1S/C12H18N2O4S2/c1-12(9-14(5-6-18-12)20(2,16)17)11(15)13-8-10-4-3-7-19-10/h3-4,7H,5-6,8-9H2,1-2H3,(H,13,15). The van der Waals surface area contributed by atoms with E-state index in [0.29, 0.717) is 6.54 Å². The molecule has 1 unspecified atom stereocenters. The second-order valence-corrected chi connectivity index (χ2v) is 7.95. The molecule has 0 aromatic carbocycles. The van der Waals surface area contributed by atoms with E-state index in [4.69, 9.17) is 4.74 Å². The number of thiophene rings is 1. The molecule has 1 aliphatic heterocycles. The lowest BCUT2D eigenvalue weighted by Crippen LogP contribution is -2.58. The zero-order valence-electron chi connectivity index (χ0n) is 11.5. The van der Waals surface area contributed by atoms with Gasteiger partial charge in [0.15, 0.2) is 5.60 Å². The monoisotopic (exact) mass is 318 g/mol. The summed E-state index contributed by atoms with van der Waals surface area (Å²) in [5.41, 5.74) is -1.14. The third-order valence-electron chi connectivity index (χ3n) is 3.19. The molecule has 20 heavy (non-hydrogen) atoms. The van der Waals surface area contributed by atoms with Gasteiger partial charge in [-0.2, -0.15) is 4.31 Å². The predicted octanol–water partition coefficient (Wildman–Crippen LogP) is 0.415. The van der Waals surface area contributed by atoms with E-state index in [0.717, 1.165) is 11.1 Å². The van der Waals surface area contributed by atoms with Crippen molar-refractivity contribution in [3.63, 3.8) is 0 Å². The number of amides is 1. The van der Waals surface area contributed by atoms with Crippen molar-refractivity contribution in [2.75, 3.05) is 26.0 Å². The average Bonchev–Trinajstić information content (AvgIpc) is 2.88. The van der Waals surface area contributed by atoms with Crippen molar-refractivity contribution in [2.45, 2.75) is 19.1 Å². The number of hydrogen-bond acceptors (Lipinski definition) is 5. The number of morpholine rings is 1. The number of ether oxygens (including phenoxy) is 1. The summed E-state index contributed by atoms with van der Waals surface area (Å²) < 4.78 is 30.0. The number of nitrogens with one attached hydrogen (secondary N) is 1. The minimum Gasteiger partial charge on any atom is -0.363 e. The van der Waals surface area contributed by atoms with Gasteiger partial charge in [-0.3, -0.25) is 4.79 Å². The summed E-state index contributed by atoms with van der Waals surface area (Å²) in [6.45, 7) is 2.59. The molecule has 6 nitrogen and oxygen atoms in total. The molecule has 1 saturated heterocycles. The SMILES string of the molecule is CC1(C(=O)NCc2cccs2)CN(S(C)(=O)=O)CCO1. The first kappa shape index (κ1) is 15.4. The van der Waals surface area contributed by atoms with Crippen molar-refractivity contribution >= 4 is 27.3 Å². The van der Waals surface area contributed by atoms with E-state index < -0.39 is 15.6 Å². The van der Waals surface area contributed by atoms with Crippen LogP contribution in [-0.4, -0.2) is 50.2 Å². The van der Waals surface area contributed by atoms with Gasteiger partial charge >= 0.3 is 0 Å². The van der Waals surface area contributed by atoms with Crippen LogP contribution in [0.1, 0.15) is 11.8 Å². The minimum atomic E-state index is -3.31. The molecule has 2 heterocycles. The molecule has 1 aromatic heterocycles. The summed E-state index contributed by atoms with van der Waals surface area (Å²) in [6.07, 6.45) is 1.14. The second-order valence-electron chi connectivity index (χ2n) is 4.94. The van der Waals surface area contributed by atoms with Crippen LogP contribution in [-0.2, 0) is 26.1 Å². The van der Waals surface area contributed by atoms with Gasteiger partial charge in [0.05, 0.1) is 26.0 Å². The molecule has 1 N–H and O–H groups in total. The van der Waals surface area contributed by atoms with E-state index in [9.17, 15) is 13.2 Å². The third kappa shape index (κ3) is 3.57. The van der Waals surface area contributed by atoms with Crippen LogP contribution in [0.3, 0.4) is 0 Å². The van der Waals surface area contributed by atoms with Gasteiger partial charge in [-0.05, 0) is 18.4 Å². The summed E-state index contributed by atoms with van der Waals surface area (Å²) in [5, 5.41) is 4.73. The van der Waals surface area contributed by atoms with Gasteiger partial charge in [0.25, 0.3) is 5.91 Å². The van der Waals surface area contributed by atoms with Gasteiger partial charge in [0, 0.05) is 11.4 Å². The first-order valence-electron chi connectivity index (χ1n) is 6.21. The van der Waals surface area contributed by atoms with Crippen LogP contribution in [0.15, 0.2) is 17.5 Å².